The Balaban J connectivity index is 1.74. The van der Waals surface area contributed by atoms with Gasteiger partial charge in [-0.25, -0.2) is 18.9 Å². The predicted octanol–water partition coefficient (Wildman–Crippen LogP) is 2.78. The second-order valence-electron chi connectivity index (χ2n) is 7.45. The summed E-state index contributed by atoms with van der Waals surface area (Å²) in [5.41, 5.74) is 1.54. The Labute approximate surface area is 167 Å². The molecule has 0 spiro atoms. The molecule has 0 N–H and O–H groups in total. The molecule has 2 aromatic heterocycles. The van der Waals surface area contributed by atoms with Crippen LogP contribution in [0.25, 0.3) is 17.0 Å². The van der Waals surface area contributed by atoms with Crippen molar-refractivity contribution in [2.45, 2.75) is 33.2 Å². The van der Waals surface area contributed by atoms with Crippen LogP contribution >= 0.6 is 11.6 Å². The molecule has 4 rings (SSSR count). The lowest BCUT2D eigenvalue weighted by atomic mass is 10.0. The molecule has 0 unspecified atom stereocenters. The van der Waals surface area contributed by atoms with E-state index in [9.17, 15) is 9.59 Å². The Bertz CT molecular complexity index is 1100. The van der Waals surface area contributed by atoms with Crippen molar-refractivity contribution < 1.29 is 4.79 Å². The van der Waals surface area contributed by atoms with Gasteiger partial charge in [-0.2, -0.15) is 0 Å². The molecule has 1 aromatic carbocycles. The van der Waals surface area contributed by atoms with Crippen molar-refractivity contribution >= 4 is 23.2 Å². The zero-order chi connectivity index (χ0) is 19.8. The molecule has 28 heavy (non-hydrogen) atoms. The highest BCUT2D eigenvalue weighted by molar-refractivity contribution is 6.30. The first-order chi connectivity index (χ1) is 13.4. The molecule has 1 atom stereocenters. The number of benzene rings is 1. The van der Waals surface area contributed by atoms with Crippen LogP contribution < -0.4 is 5.69 Å². The monoisotopic (exact) mass is 399 g/mol. The summed E-state index contributed by atoms with van der Waals surface area (Å²) in [7, 11) is 0. The number of carbonyl (C=O) groups excluding carboxylic acids is 1. The van der Waals surface area contributed by atoms with Crippen LogP contribution in [-0.4, -0.2) is 43.1 Å². The third-order valence-electron chi connectivity index (χ3n) is 5.07. The SMILES string of the molecule is Cc1cc2nn(CC(=O)N3CCC[C@@H](C)C3)c(=O)n2c(-c2cccc(Cl)c2)n1. The van der Waals surface area contributed by atoms with E-state index in [0.717, 1.165) is 37.2 Å². The third kappa shape index (κ3) is 3.54. The number of hydrogen-bond acceptors (Lipinski definition) is 4. The van der Waals surface area contributed by atoms with E-state index in [2.05, 4.69) is 17.0 Å². The quantitative estimate of drug-likeness (QED) is 0.678. The first-order valence-electron chi connectivity index (χ1n) is 9.43. The maximum atomic E-state index is 13.0. The molecule has 1 saturated heterocycles. The summed E-state index contributed by atoms with van der Waals surface area (Å²) in [6, 6.07) is 8.91. The summed E-state index contributed by atoms with van der Waals surface area (Å²) in [4.78, 5) is 32.1. The number of amides is 1. The van der Waals surface area contributed by atoms with Crippen molar-refractivity contribution in [1.29, 1.82) is 0 Å². The van der Waals surface area contributed by atoms with Gasteiger partial charge in [0.25, 0.3) is 0 Å². The van der Waals surface area contributed by atoms with Gasteiger partial charge in [0.1, 0.15) is 12.4 Å². The van der Waals surface area contributed by atoms with Crippen LogP contribution in [0, 0.1) is 12.8 Å². The maximum Gasteiger partial charge on any atom is 0.352 e. The molecule has 3 aromatic rings. The van der Waals surface area contributed by atoms with Crippen molar-refractivity contribution in [3.05, 3.63) is 51.5 Å². The molecule has 146 valence electrons. The van der Waals surface area contributed by atoms with Crippen LogP contribution in [0.2, 0.25) is 5.02 Å². The smallest absolute Gasteiger partial charge is 0.341 e. The highest BCUT2D eigenvalue weighted by atomic mass is 35.5. The van der Waals surface area contributed by atoms with Crippen molar-refractivity contribution in [3.63, 3.8) is 0 Å². The molecule has 0 aliphatic carbocycles. The normalized spacial score (nSPS) is 17.2. The highest BCUT2D eigenvalue weighted by Gasteiger charge is 2.23. The predicted molar refractivity (Wildman–Crippen MR) is 107 cm³/mol. The molecule has 3 heterocycles. The maximum absolute atomic E-state index is 13.0. The summed E-state index contributed by atoms with van der Waals surface area (Å²) in [6.45, 7) is 5.39. The molecular formula is C20H22ClN5O2. The second kappa shape index (κ2) is 7.39. The minimum absolute atomic E-state index is 0.0682. The van der Waals surface area contributed by atoms with Crippen molar-refractivity contribution in [2.75, 3.05) is 13.1 Å². The fourth-order valence-electron chi connectivity index (χ4n) is 3.72. The van der Waals surface area contributed by atoms with E-state index in [1.54, 1.807) is 18.2 Å². The molecule has 0 saturated carbocycles. The van der Waals surface area contributed by atoms with Gasteiger partial charge < -0.3 is 4.90 Å². The van der Waals surface area contributed by atoms with Crippen LogP contribution in [0.3, 0.4) is 0 Å². The lowest BCUT2D eigenvalue weighted by Gasteiger charge is -2.30. The van der Waals surface area contributed by atoms with Crippen molar-refractivity contribution in [1.82, 2.24) is 24.1 Å². The Hall–Kier alpha value is -2.67. The number of likely N-dealkylation sites (tertiary alicyclic amines) is 1. The van der Waals surface area contributed by atoms with Gasteiger partial charge in [0, 0.05) is 35.4 Å². The second-order valence-corrected chi connectivity index (χ2v) is 7.89. The highest BCUT2D eigenvalue weighted by Crippen LogP contribution is 2.21. The lowest BCUT2D eigenvalue weighted by Crippen LogP contribution is -2.42. The van der Waals surface area contributed by atoms with E-state index in [-0.39, 0.29) is 18.1 Å². The van der Waals surface area contributed by atoms with E-state index in [1.165, 1.54) is 9.08 Å². The van der Waals surface area contributed by atoms with Crippen LogP contribution in [0.15, 0.2) is 35.1 Å². The van der Waals surface area contributed by atoms with Crippen LogP contribution in [0.4, 0.5) is 0 Å². The van der Waals surface area contributed by atoms with Crippen LogP contribution in [-0.2, 0) is 11.3 Å². The summed E-state index contributed by atoms with van der Waals surface area (Å²) < 4.78 is 2.66. The molecule has 1 fully saturated rings. The summed E-state index contributed by atoms with van der Waals surface area (Å²) in [5, 5.41) is 4.94. The number of rotatable bonds is 3. The van der Waals surface area contributed by atoms with E-state index in [1.807, 2.05) is 24.0 Å². The van der Waals surface area contributed by atoms with Gasteiger partial charge in [-0.3, -0.25) is 4.79 Å². The molecule has 0 bridgehead atoms. The molecule has 8 heteroatoms. The lowest BCUT2D eigenvalue weighted by molar-refractivity contribution is -0.133. The molecule has 1 amide bonds. The van der Waals surface area contributed by atoms with Gasteiger partial charge in [-0.15, -0.1) is 5.10 Å². The number of hydrogen-bond donors (Lipinski definition) is 0. The molecule has 1 aliphatic rings. The van der Waals surface area contributed by atoms with Gasteiger partial charge in [0.15, 0.2) is 5.65 Å². The van der Waals surface area contributed by atoms with Gasteiger partial charge in [-0.05, 0) is 37.8 Å². The van der Waals surface area contributed by atoms with E-state index in [0.29, 0.717) is 22.4 Å². The van der Waals surface area contributed by atoms with Crippen LogP contribution in [0.1, 0.15) is 25.5 Å². The molecule has 7 nitrogen and oxygen atoms in total. The van der Waals surface area contributed by atoms with Crippen LogP contribution in [0.5, 0.6) is 0 Å². The van der Waals surface area contributed by atoms with Gasteiger partial charge >= 0.3 is 5.69 Å². The Morgan fingerprint density at radius 1 is 1.32 bits per heavy atom. The fraction of sp³-hybridized carbons (Fsp3) is 0.400. The number of piperidine rings is 1. The number of aryl methyl sites for hydroxylation is 1. The molecule has 1 aliphatic heterocycles. The molecule has 0 radical (unpaired) electrons. The van der Waals surface area contributed by atoms with E-state index in [4.69, 9.17) is 11.6 Å². The standard InChI is InChI=1S/C20H22ClN5O2/c1-13-5-4-8-24(11-13)18(27)12-25-20(28)26-17(23-25)9-14(2)22-19(26)15-6-3-7-16(21)10-15/h3,6-7,9-10,13H,4-5,8,11-12H2,1-2H3/t13-/m1/s1. The van der Waals surface area contributed by atoms with Gasteiger partial charge in [0.2, 0.25) is 5.91 Å². The summed E-state index contributed by atoms with van der Waals surface area (Å²) in [5.74, 6) is 0.871. The third-order valence-corrected chi connectivity index (χ3v) is 5.31. The topological polar surface area (TPSA) is 72.5 Å². The van der Waals surface area contributed by atoms with Crippen molar-refractivity contribution in [2.24, 2.45) is 5.92 Å². The minimum atomic E-state index is -0.379. The Kier molecular flexibility index (Phi) is 4.93. The fourth-order valence-corrected chi connectivity index (χ4v) is 3.91. The average Bonchev–Trinajstić information content (AvgIpc) is 2.96. The number of nitrogens with zero attached hydrogens (tertiary/aromatic N) is 5. The number of halogens is 1. The summed E-state index contributed by atoms with van der Waals surface area (Å²) >= 11 is 6.11. The number of carbonyl (C=O) groups is 1. The first kappa shape index (κ1) is 18.7. The number of fused-ring (bicyclic) bond motifs is 1. The summed E-state index contributed by atoms with van der Waals surface area (Å²) in [6.07, 6.45) is 2.13. The first-order valence-corrected chi connectivity index (χ1v) is 9.81. The van der Waals surface area contributed by atoms with Gasteiger partial charge in [0.05, 0.1) is 0 Å². The van der Waals surface area contributed by atoms with E-state index >= 15 is 0 Å². The van der Waals surface area contributed by atoms with E-state index < -0.39 is 0 Å². The zero-order valence-corrected chi connectivity index (χ0v) is 16.7. The van der Waals surface area contributed by atoms with Gasteiger partial charge in [-0.1, -0.05) is 30.7 Å². The Morgan fingerprint density at radius 2 is 2.14 bits per heavy atom. The van der Waals surface area contributed by atoms with Crippen molar-refractivity contribution in [3.8, 4) is 11.4 Å². The average molecular weight is 400 g/mol. The largest absolute Gasteiger partial charge is 0.352 e. The Morgan fingerprint density at radius 3 is 2.89 bits per heavy atom. The molecular weight excluding hydrogens is 378 g/mol. The minimum Gasteiger partial charge on any atom is -0.341 e. The number of aromatic nitrogens is 4. The zero-order valence-electron chi connectivity index (χ0n) is 15.9.